The molecule has 1 aromatic heterocycles. The number of urea groups is 1. The maximum absolute atomic E-state index is 12.3. The Morgan fingerprint density at radius 3 is 2.65 bits per heavy atom. The molecule has 1 saturated carbocycles. The van der Waals surface area contributed by atoms with Gasteiger partial charge in [0, 0.05) is 50.4 Å². The third-order valence-electron chi connectivity index (χ3n) is 6.49. The zero-order valence-electron chi connectivity index (χ0n) is 16.0. The molecule has 26 heavy (non-hydrogen) atoms. The number of carbonyl (C=O) groups is 1. The van der Waals surface area contributed by atoms with Crippen LogP contribution in [0.15, 0.2) is 6.20 Å². The molecule has 0 bridgehead atoms. The van der Waals surface area contributed by atoms with Crippen LogP contribution >= 0.6 is 0 Å². The van der Waals surface area contributed by atoms with Gasteiger partial charge < -0.3 is 15.2 Å². The number of nitrogens with one attached hydrogen (secondary N) is 2. The average molecular weight is 360 g/mol. The zero-order chi connectivity index (χ0) is 17.9. The number of aryl methyl sites for hydroxylation is 2. The summed E-state index contributed by atoms with van der Waals surface area (Å²) in [6.07, 6.45) is 12.4. The van der Waals surface area contributed by atoms with Gasteiger partial charge in [-0.2, -0.15) is 0 Å². The van der Waals surface area contributed by atoms with Gasteiger partial charge in [-0.05, 0) is 39.0 Å². The summed E-state index contributed by atoms with van der Waals surface area (Å²) in [5.41, 5.74) is 1.07. The highest BCUT2D eigenvalue weighted by atomic mass is 16.2. The van der Waals surface area contributed by atoms with E-state index in [2.05, 4.69) is 31.3 Å². The summed E-state index contributed by atoms with van der Waals surface area (Å²) < 4.78 is 2.25. The maximum Gasteiger partial charge on any atom is 0.314 e. The standard InChI is InChI=1S/C20H33N5O/c1-15-14-24-10-5-6-16(19(24)23-15)12-21-20(26)22-13-18-9-11-25(18)17-7-3-2-4-8-17/h14,16-18H,2-13H2,1H3,(H2,21,22,26). The Balaban J connectivity index is 1.20. The Labute approximate surface area is 156 Å². The van der Waals surface area contributed by atoms with E-state index < -0.39 is 0 Å². The van der Waals surface area contributed by atoms with Gasteiger partial charge in [0.1, 0.15) is 5.82 Å². The number of hydrogen-bond acceptors (Lipinski definition) is 3. The Hall–Kier alpha value is -1.56. The van der Waals surface area contributed by atoms with Gasteiger partial charge in [0.05, 0.1) is 5.69 Å². The average Bonchev–Trinajstić information content (AvgIpc) is 3.01. The SMILES string of the molecule is Cc1cn2c(n1)C(CNC(=O)NCC1CCN1C1CCCCC1)CCC2. The smallest absolute Gasteiger partial charge is 0.314 e. The van der Waals surface area contributed by atoms with E-state index in [1.165, 1.54) is 45.1 Å². The molecular formula is C20H33N5O. The molecule has 0 radical (unpaired) electrons. The van der Waals surface area contributed by atoms with Gasteiger partial charge >= 0.3 is 6.03 Å². The van der Waals surface area contributed by atoms with Crippen molar-refractivity contribution in [2.45, 2.75) is 82.8 Å². The molecule has 4 rings (SSSR count). The van der Waals surface area contributed by atoms with Gasteiger partial charge in [-0.25, -0.2) is 9.78 Å². The second-order valence-corrected chi connectivity index (χ2v) is 8.34. The van der Waals surface area contributed by atoms with Crippen molar-refractivity contribution in [3.05, 3.63) is 17.7 Å². The fourth-order valence-electron chi connectivity index (χ4n) is 4.96. The largest absolute Gasteiger partial charge is 0.337 e. The Morgan fingerprint density at radius 2 is 1.88 bits per heavy atom. The lowest BCUT2D eigenvalue weighted by atomic mass is 9.89. The van der Waals surface area contributed by atoms with E-state index in [1.54, 1.807) is 0 Å². The minimum atomic E-state index is -0.0269. The lowest BCUT2D eigenvalue weighted by molar-refractivity contribution is 0.0256. The van der Waals surface area contributed by atoms with E-state index in [9.17, 15) is 4.79 Å². The quantitative estimate of drug-likeness (QED) is 0.850. The second kappa shape index (κ2) is 7.99. The van der Waals surface area contributed by atoms with Gasteiger partial charge in [0.15, 0.2) is 0 Å². The predicted octanol–water partition coefficient (Wildman–Crippen LogP) is 2.78. The molecule has 6 nitrogen and oxygen atoms in total. The number of rotatable bonds is 5. The highest BCUT2D eigenvalue weighted by Gasteiger charge is 2.34. The number of imidazole rings is 1. The van der Waals surface area contributed by atoms with Crippen molar-refractivity contribution in [2.75, 3.05) is 19.6 Å². The molecule has 2 atom stereocenters. The summed E-state index contributed by atoms with van der Waals surface area (Å²) in [6.45, 7) is 5.76. The molecular weight excluding hydrogens is 326 g/mol. The van der Waals surface area contributed by atoms with Crippen LogP contribution in [0.25, 0.3) is 0 Å². The maximum atomic E-state index is 12.3. The van der Waals surface area contributed by atoms with E-state index in [0.29, 0.717) is 18.5 Å². The van der Waals surface area contributed by atoms with Crippen molar-refractivity contribution in [2.24, 2.45) is 0 Å². The van der Waals surface area contributed by atoms with Crippen LogP contribution in [0.1, 0.15) is 68.8 Å². The molecule has 3 heterocycles. The molecule has 2 amide bonds. The summed E-state index contributed by atoms with van der Waals surface area (Å²) in [5.74, 6) is 1.47. The number of likely N-dealkylation sites (tertiary alicyclic amines) is 1. The van der Waals surface area contributed by atoms with Crippen LogP contribution in [-0.4, -0.2) is 52.2 Å². The van der Waals surface area contributed by atoms with Gasteiger partial charge in [-0.1, -0.05) is 19.3 Å². The van der Waals surface area contributed by atoms with Crippen molar-refractivity contribution in [3.63, 3.8) is 0 Å². The van der Waals surface area contributed by atoms with Gasteiger partial charge in [0.2, 0.25) is 0 Å². The van der Waals surface area contributed by atoms with Crippen LogP contribution < -0.4 is 10.6 Å². The molecule has 2 fully saturated rings. The van der Waals surface area contributed by atoms with E-state index >= 15 is 0 Å². The van der Waals surface area contributed by atoms with Crippen molar-refractivity contribution >= 4 is 6.03 Å². The number of aromatic nitrogens is 2. The van der Waals surface area contributed by atoms with Crippen LogP contribution in [0.2, 0.25) is 0 Å². The van der Waals surface area contributed by atoms with E-state index in [1.807, 2.05) is 6.92 Å². The van der Waals surface area contributed by atoms with Crippen molar-refractivity contribution in [1.29, 1.82) is 0 Å². The minimum absolute atomic E-state index is 0.0269. The topological polar surface area (TPSA) is 62.2 Å². The molecule has 2 N–H and O–H groups in total. The van der Waals surface area contributed by atoms with Crippen LogP contribution in [0.3, 0.4) is 0 Å². The Morgan fingerprint density at radius 1 is 1.08 bits per heavy atom. The zero-order valence-corrected chi connectivity index (χ0v) is 16.0. The Bertz CT molecular complexity index is 622. The third kappa shape index (κ3) is 3.90. The number of amides is 2. The first kappa shape index (κ1) is 17.8. The van der Waals surface area contributed by atoms with Crippen molar-refractivity contribution < 1.29 is 4.79 Å². The second-order valence-electron chi connectivity index (χ2n) is 8.34. The lowest BCUT2D eigenvalue weighted by Crippen LogP contribution is -2.58. The van der Waals surface area contributed by atoms with E-state index in [-0.39, 0.29) is 6.03 Å². The first-order chi connectivity index (χ1) is 12.7. The first-order valence-corrected chi connectivity index (χ1v) is 10.5. The first-order valence-electron chi connectivity index (χ1n) is 10.5. The summed E-state index contributed by atoms with van der Waals surface area (Å²) in [4.78, 5) is 19.5. The third-order valence-corrected chi connectivity index (χ3v) is 6.49. The Kier molecular flexibility index (Phi) is 5.48. The fourth-order valence-corrected chi connectivity index (χ4v) is 4.96. The normalized spacial score (nSPS) is 26.8. The van der Waals surface area contributed by atoms with Gasteiger partial charge in [0.25, 0.3) is 0 Å². The van der Waals surface area contributed by atoms with Crippen LogP contribution in [0.5, 0.6) is 0 Å². The molecule has 1 aromatic rings. The monoisotopic (exact) mass is 359 g/mol. The van der Waals surface area contributed by atoms with Gasteiger partial charge in [-0.15, -0.1) is 0 Å². The molecule has 6 heteroatoms. The minimum Gasteiger partial charge on any atom is -0.337 e. The molecule has 144 valence electrons. The molecule has 1 saturated heterocycles. The van der Waals surface area contributed by atoms with Gasteiger partial charge in [-0.3, -0.25) is 4.90 Å². The predicted molar refractivity (Wildman–Crippen MR) is 102 cm³/mol. The summed E-state index contributed by atoms with van der Waals surface area (Å²) in [7, 11) is 0. The molecule has 3 aliphatic rings. The van der Waals surface area contributed by atoms with Crippen molar-refractivity contribution in [1.82, 2.24) is 25.1 Å². The van der Waals surface area contributed by atoms with Crippen molar-refractivity contribution in [3.8, 4) is 0 Å². The van der Waals surface area contributed by atoms with Crippen LogP contribution in [-0.2, 0) is 6.54 Å². The summed E-state index contributed by atoms with van der Waals surface area (Å²) in [6, 6.07) is 1.28. The highest BCUT2D eigenvalue weighted by Crippen LogP contribution is 2.29. The lowest BCUT2D eigenvalue weighted by Gasteiger charge is -2.47. The number of nitrogens with zero attached hydrogens (tertiary/aromatic N) is 3. The molecule has 2 unspecified atom stereocenters. The molecule has 2 aliphatic heterocycles. The fraction of sp³-hybridized carbons (Fsp3) is 0.800. The number of hydrogen-bond donors (Lipinski definition) is 2. The van der Waals surface area contributed by atoms with Crippen LogP contribution in [0, 0.1) is 6.92 Å². The molecule has 1 aliphatic carbocycles. The molecule has 0 aromatic carbocycles. The summed E-state index contributed by atoms with van der Waals surface area (Å²) in [5, 5.41) is 6.18. The number of fused-ring (bicyclic) bond motifs is 1. The highest BCUT2D eigenvalue weighted by molar-refractivity contribution is 5.73. The van der Waals surface area contributed by atoms with E-state index in [0.717, 1.165) is 43.5 Å². The number of carbonyl (C=O) groups excluding carboxylic acids is 1. The molecule has 0 spiro atoms. The summed E-state index contributed by atoms with van der Waals surface area (Å²) >= 11 is 0. The van der Waals surface area contributed by atoms with E-state index in [4.69, 9.17) is 0 Å². The van der Waals surface area contributed by atoms with Crippen LogP contribution in [0.4, 0.5) is 4.79 Å².